The van der Waals surface area contributed by atoms with Crippen molar-refractivity contribution in [2.75, 3.05) is 6.61 Å². The molecule has 0 aliphatic carbocycles. The zero-order chi connectivity index (χ0) is 29.0. The smallest absolute Gasteiger partial charge is 0.339 e. The predicted molar refractivity (Wildman–Crippen MR) is 151 cm³/mol. The first kappa shape index (κ1) is 33.6. The van der Waals surface area contributed by atoms with Crippen LogP contribution in [-0.4, -0.2) is 49.9 Å². The number of unbranched alkanes of at least 4 members (excludes halogenated alkanes) is 9. The number of aromatic carboxylic acids is 2. The lowest BCUT2D eigenvalue weighted by Gasteiger charge is -2.07. The van der Waals surface area contributed by atoms with Crippen LogP contribution in [0.5, 0.6) is 11.5 Å². The fraction of sp³-hybridized carbons (Fsp3) is 0.516. The molecule has 0 bridgehead atoms. The molecule has 0 fully saturated rings. The number of aromatic hydroxyl groups is 2. The Morgan fingerprint density at radius 3 is 1.36 bits per heavy atom. The molecule has 0 heterocycles. The fourth-order valence-electron chi connectivity index (χ4n) is 4.44. The molecule has 0 atom stereocenters. The van der Waals surface area contributed by atoms with Crippen molar-refractivity contribution in [1.29, 1.82) is 0 Å². The highest BCUT2D eigenvalue weighted by atomic mass is 16.4. The molecule has 8 nitrogen and oxygen atoms in total. The molecule has 2 rings (SSSR count). The first-order chi connectivity index (χ1) is 18.7. The SMILES string of the molecule is CC(=O)CCCCCCCc1cccc(O)c1C(=O)O.O=C(O)c1c(O)cccc1CCCCCCCCO. The number of hydrogen-bond acceptors (Lipinski definition) is 6. The molecule has 0 saturated carbocycles. The van der Waals surface area contributed by atoms with Gasteiger partial charge in [0.1, 0.15) is 28.4 Å². The molecule has 8 heteroatoms. The molecule has 0 radical (unpaired) electrons. The Balaban J connectivity index is 0.000000391. The minimum absolute atomic E-state index is 0.0177. The van der Waals surface area contributed by atoms with E-state index in [0.29, 0.717) is 30.4 Å². The fourth-order valence-corrected chi connectivity index (χ4v) is 4.44. The van der Waals surface area contributed by atoms with Gasteiger partial charge in [-0.2, -0.15) is 0 Å². The van der Waals surface area contributed by atoms with Crippen LogP contribution in [0.3, 0.4) is 0 Å². The predicted octanol–water partition coefficient (Wildman–Crippen LogP) is 6.53. The van der Waals surface area contributed by atoms with Gasteiger partial charge in [-0.15, -0.1) is 0 Å². The van der Waals surface area contributed by atoms with Gasteiger partial charge in [0.05, 0.1) is 0 Å². The number of carbonyl (C=O) groups is 3. The largest absolute Gasteiger partial charge is 0.507 e. The summed E-state index contributed by atoms with van der Waals surface area (Å²) >= 11 is 0. The van der Waals surface area contributed by atoms with Crippen molar-refractivity contribution in [2.24, 2.45) is 0 Å². The number of ketones is 1. The molecule has 0 spiro atoms. The van der Waals surface area contributed by atoms with Crippen molar-refractivity contribution in [3.05, 3.63) is 58.7 Å². The normalized spacial score (nSPS) is 10.5. The Kier molecular flexibility index (Phi) is 16.9. The van der Waals surface area contributed by atoms with E-state index in [4.69, 9.17) is 15.3 Å². The van der Waals surface area contributed by atoms with Crippen LogP contribution in [0.25, 0.3) is 0 Å². The van der Waals surface area contributed by atoms with Gasteiger partial charge in [0.15, 0.2) is 0 Å². The molecular weight excluding hydrogens is 500 g/mol. The minimum atomic E-state index is -1.08. The van der Waals surface area contributed by atoms with Crippen molar-refractivity contribution in [1.82, 2.24) is 0 Å². The monoisotopic (exact) mass is 544 g/mol. The zero-order valence-electron chi connectivity index (χ0n) is 23.0. The number of rotatable bonds is 18. The third-order valence-electron chi connectivity index (χ3n) is 6.51. The number of aliphatic hydroxyl groups excluding tert-OH is 1. The van der Waals surface area contributed by atoms with Crippen LogP contribution in [-0.2, 0) is 17.6 Å². The van der Waals surface area contributed by atoms with Gasteiger partial charge in [-0.3, -0.25) is 0 Å². The van der Waals surface area contributed by atoms with Crippen LogP contribution >= 0.6 is 0 Å². The molecule has 0 aliphatic rings. The molecule has 0 amide bonds. The van der Waals surface area contributed by atoms with Crippen LogP contribution in [0.4, 0.5) is 0 Å². The van der Waals surface area contributed by atoms with Gasteiger partial charge >= 0.3 is 11.9 Å². The summed E-state index contributed by atoms with van der Waals surface area (Å²) in [4.78, 5) is 32.9. The number of carbonyl (C=O) groups excluding carboxylic acids is 1. The van der Waals surface area contributed by atoms with Gasteiger partial charge in [0.25, 0.3) is 0 Å². The van der Waals surface area contributed by atoms with Crippen molar-refractivity contribution in [2.45, 2.75) is 96.8 Å². The molecule has 5 N–H and O–H groups in total. The number of phenols is 2. The van der Waals surface area contributed by atoms with Gasteiger partial charge in [-0.05, 0) is 68.7 Å². The molecule has 0 aliphatic heterocycles. The van der Waals surface area contributed by atoms with Crippen molar-refractivity contribution >= 4 is 17.7 Å². The highest BCUT2D eigenvalue weighted by molar-refractivity contribution is 5.93. The van der Waals surface area contributed by atoms with Gasteiger partial charge in [-0.25, -0.2) is 9.59 Å². The van der Waals surface area contributed by atoms with Crippen molar-refractivity contribution in [3.63, 3.8) is 0 Å². The third-order valence-corrected chi connectivity index (χ3v) is 6.51. The van der Waals surface area contributed by atoms with E-state index in [2.05, 4.69) is 0 Å². The van der Waals surface area contributed by atoms with Crippen LogP contribution in [0, 0.1) is 0 Å². The van der Waals surface area contributed by atoms with Gasteiger partial charge in [0.2, 0.25) is 0 Å². The van der Waals surface area contributed by atoms with Crippen LogP contribution in [0.2, 0.25) is 0 Å². The van der Waals surface area contributed by atoms with E-state index < -0.39 is 11.9 Å². The lowest BCUT2D eigenvalue weighted by Crippen LogP contribution is -2.03. The first-order valence-corrected chi connectivity index (χ1v) is 13.9. The van der Waals surface area contributed by atoms with E-state index >= 15 is 0 Å². The minimum Gasteiger partial charge on any atom is -0.507 e. The second kappa shape index (κ2) is 19.6. The number of carboxylic acid groups (broad SMARTS) is 2. The topological polar surface area (TPSA) is 152 Å². The highest BCUT2D eigenvalue weighted by Crippen LogP contribution is 2.24. The molecular formula is C31H44O8. The van der Waals surface area contributed by atoms with E-state index in [1.54, 1.807) is 31.2 Å². The maximum absolute atomic E-state index is 11.1. The molecule has 0 aromatic heterocycles. The summed E-state index contributed by atoms with van der Waals surface area (Å²) < 4.78 is 0. The Morgan fingerprint density at radius 2 is 0.974 bits per heavy atom. The standard InChI is InChI=1S/C16H22O4.C15H22O4/c1-12(17)8-5-3-2-4-6-9-13-10-7-11-14(18)15(13)16(19)20;16-11-6-4-2-1-3-5-8-12-9-7-10-13(17)14(12)15(18)19/h7,10-11,18H,2-6,8-9H2,1H3,(H,19,20);7,9-10,16-17H,1-6,8,11H2,(H,18,19). The van der Waals surface area contributed by atoms with Crippen molar-refractivity contribution < 1.29 is 39.9 Å². The van der Waals surface area contributed by atoms with E-state index in [9.17, 15) is 24.6 Å². The molecule has 39 heavy (non-hydrogen) atoms. The molecule has 2 aromatic rings. The van der Waals surface area contributed by atoms with E-state index in [1.165, 1.54) is 12.1 Å². The summed E-state index contributed by atoms with van der Waals surface area (Å²) in [5.74, 6) is -2.25. The van der Waals surface area contributed by atoms with E-state index in [0.717, 1.165) is 70.6 Å². The van der Waals surface area contributed by atoms with Crippen molar-refractivity contribution in [3.8, 4) is 11.5 Å². The summed E-state index contributed by atoms with van der Waals surface area (Å²) in [7, 11) is 0. The van der Waals surface area contributed by atoms with Crippen LogP contribution in [0.1, 0.15) is 116 Å². The Bertz CT molecular complexity index is 1030. The number of aryl methyl sites for hydroxylation is 2. The van der Waals surface area contributed by atoms with Crippen LogP contribution in [0.15, 0.2) is 36.4 Å². The second-order valence-corrected chi connectivity index (χ2v) is 9.80. The number of benzene rings is 2. The lowest BCUT2D eigenvalue weighted by atomic mass is 9.99. The molecule has 216 valence electrons. The van der Waals surface area contributed by atoms with E-state index in [-0.39, 0.29) is 35.0 Å². The summed E-state index contributed by atoms with van der Waals surface area (Å²) in [6, 6.07) is 9.66. The average molecular weight is 545 g/mol. The molecule has 2 aromatic carbocycles. The summed E-state index contributed by atoms with van der Waals surface area (Å²) in [6.45, 7) is 1.86. The summed E-state index contributed by atoms with van der Waals surface area (Å²) in [5.41, 5.74) is 1.43. The third kappa shape index (κ3) is 13.8. The average Bonchev–Trinajstić information content (AvgIpc) is 2.87. The number of carboxylic acids is 2. The number of hydrogen-bond donors (Lipinski definition) is 5. The summed E-state index contributed by atoms with van der Waals surface area (Å²) in [6.07, 6.45) is 13.0. The van der Waals surface area contributed by atoms with Gasteiger partial charge in [0, 0.05) is 13.0 Å². The zero-order valence-corrected chi connectivity index (χ0v) is 23.0. The van der Waals surface area contributed by atoms with Crippen LogP contribution < -0.4 is 0 Å². The number of Topliss-reactive ketones (excluding diaryl/α,β-unsaturated/α-hetero) is 1. The quantitative estimate of drug-likeness (QED) is 0.133. The van der Waals surface area contributed by atoms with E-state index in [1.807, 2.05) is 0 Å². The van der Waals surface area contributed by atoms with Gasteiger partial charge < -0.3 is 30.3 Å². The lowest BCUT2D eigenvalue weighted by molar-refractivity contribution is -0.117. The summed E-state index contributed by atoms with van der Waals surface area (Å²) in [5, 5.41) is 45.9. The molecule has 0 saturated heterocycles. The second-order valence-electron chi connectivity index (χ2n) is 9.80. The van der Waals surface area contributed by atoms with Gasteiger partial charge in [-0.1, -0.05) is 69.2 Å². The highest BCUT2D eigenvalue weighted by Gasteiger charge is 2.15. The number of aliphatic hydroxyl groups is 1. The molecule has 0 unspecified atom stereocenters. The Hall–Kier alpha value is -3.39. The Morgan fingerprint density at radius 1 is 0.590 bits per heavy atom. The maximum atomic E-state index is 11.1. The first-order valence-electron chi connectivity index (χ1n) is 13.9. The maximum Gasteiger partial charge on any atom is 0.339 e. The Labute approximate surface area is 231 Å².